The first-order valence-electron chi connectivity index (χ1n) is 6.89. The highest BCUT2D eigenvalue weighted by atomic mass is 15.1. The molecule has 0 fully saturated rings. The lowest BCUT2D eigenvalue weighted by molar-refractivity contribution is 1.08. The first-order valence-corrected chi connectivity index (χ1v) is 6.89. The SMILES string of the molecule is CC(C)=CCN(c1ccc(C)cc1)c1cccc(N)c1. The molecule has 2 aromatic rings. The van der Waals surface area contributed by atoms with Crippen LogP contribution in [0.2, 0.25) is 0 Å². The summed E-state index contributed by atoms with van der Waals surface area (Å²) in [6, 6.07) is 16.6. The van der Waals surface area contributed by atoms with Crippen LogP contribution in [0, 0.1) is 6.92 Å². The zero-order valence-corrected chi connectivity index (χ0v) is 12.4. The topological polar surface area (TPSA) is 29.3 Å². The van der Waals surface area contributed by atoms with Gasteiger partial charge in [0.15, 0.2) is 0 Å². The Morgan fingerprint density at radius 3 is 2.35 bits per heavy atom. The van der Waals surface area contributed by atoms with Crippen LogP contribution in [0.4, 0.5) is 17.1 Å². The molecule has 0 radical (unpaired) electrons. The number of nitrogens with two attached hydrogens (primary N) is 1. The average Bonchev–Trinajstić information content (AvgIpc) is 2.41. The van der Waals surface area contributed by atoms with Crippen LogP contribution in [0.15, 0.2) is 60.2 Å². The second-order valence-electron chi connectivity index (χ2n) is 5.32. The van der Waals surface area contributed by atoms with Gasteiger partial charge in [0, 0.05) is 23.6 Å². The van der Waals surface area contributed by atoms with Crippen LogP contribution in [-0.4, -0.2) is 6.54 Å². The van der Waals surface area contributed by atoms with Crippen molar-refractivity contribution in [2.75, 3.05) is 17.2 Å². The van der Waals surface area contributed by atoms with Crippen molar-refractivity contribution in [2.24, 2.45) is 0 Å². The summed E-state index contributed by atoms with van der Waals surface area (Å²) >= 11 is 0. The number of allylic oxidation sites excluding steroid dienone is 1. The number of hydrogen-bond acceptors (Lipinski definition) is 2. The molecule has 0 atom stereocenters. The highest BCUT2D eigenvalue weighted by Gasteiger charge is 2.08. The Bertz CT molecular complexity index is 593. The summed E-state index contributed by atoms with van der Waals surface area (Å²) in [6.07, 6.45) is 2.23. The molecule has 0 saturated heterocycles. The summed E-state index contributed by atoms with van der Waals surface area (Å²) in [5, 5.41) is 0. The fourth-order valence-corrected chi connectivity index (χ4v) is 2.05. The number of hydrogen-bond donors (Lipinski definition) is 1. The Labute approximate surface area is 121 Å². The van der Waals surface area contributed by atoms with E-state index in [0.717, 1.165) is 17.9 Å². The molecule has 0 unspecified atom stereocenters. The van der Waals surface area contributed by atoms with Gasteiger partial charge in [-0.2, -0.15) is 0 Å². The van der Waals surface area contributed by atoms with Crippen LogP contribution >= 0.6 is 0 Å². The molecule has 104 valence electrons. The van der Waals surface area contributed by atoms with Gasteiger partial charge in [-0.25, -0.2) is 0 Å². The molecule has 2 aromatic carbocycles. The molecule has 2 rings (SSSR count). The van der Waals surface area contributed by atoms with Crippen molar-refractivity contribution in [3.8, 4) is 0 Å². The van der Waals surface area contributed by atoms with Crippen LogP contribution in [0.1, 0.15) is 19.4 Å². The van der Waals surface area contributed by atoms with Crippen LogP contribution in [-0.2, 0) is 0 Å². The minimum atomic E-state index is 0.789. The van der Waals surface area contributed by atoms with E-state index in [0.29, 0.717) is 0 Å². The highest BCUT2D eigenvalue weighted by molar-refractivity contribution is 5.67. The molecule has 0 saturated carbocycles. The van der Waals surface area contributed by atoms with Crippen molar-refractivity contribution < 1.29 is 0 Å². The molecule has 0 heterocycles. The van der Waals surface area contributed by atoms with Crippen molar-refractivity contribution in [2.45, 2.75) is 20.8 Å². The van der Waals surface area contributed by atoms with Gasteiger partial charge in [-0.3, -0.25) is 0 Å². The molecule has 0 aliphatic heterocycles. The Morgan fingerprint density at radius 1 is 1.05 bits per heavy atom. The lowest BCUT2D eigenvalue weighted by Gasteiger charge is -2.24. The minimum absolute atomic E-state index is 0.789. The zero-order valence-electron chi connectivity index (χ0n) is 12.4. The molecule has 0 bridgehead atoms. The van der Waals surface area contributed by atoms with Crippen LogP contribution in [0.3, 0.4) is 0 Å². The Morgan fingerprint density at radius 2 is 1.75 bits per heavy atom. The number of aryl methyl sites for hydroxylation is 1. The normalized spacial score (nSPS) is 10.2. The van der Waals surface area contributed by atoms with E-state index in [-0.39, 0.29) is 0 Å². The Hall–Kier alpha value is -2.22. The van der Waals surface area contributed by atoms with Crippen molar-refractivity contribution >= 4 is 17.1 Å². The number of nitrogen functional groups attached to an aromatic ring is 1. The van der Waals surface area contributed by atoms with E-state index in [1.54, 1.807) is 0 Å². The monoisotopic (exact) mass is 266 g/mol. The third-order valence-corrected chi connectivity index (χ3v) is 3.21. The van der Waals surface area contributed by atoms with Crippen LogP contribution in [0.5, 0.6) is 0 Å². The van der Waals surface area contributed by atoms with Gasteiger partial charge in [-0.15, -0.1) is 0 Å². The maximum absolute atomic E-state index is 5.91. The smallest absolute Gasteiger partial charge is 0.0434 e. The quantitative estimate of drug-likeness (QED) is 0.643. The first kappa shape index (κ1) is 14.2. The van der Waals surface area contributed by atoms with Crippen molar-refractivity contribution in [3.05, 3.63) is 65.7 Å². The molecule has 2 N–H and O–H groups in total. The molecule has 0 aliphatic carbocycles. The molecular formula is C18H22N2. The Kier molecular flexibility index (Phi) is 4.46. The number of rotatable bonds is 4. The molecule has 20 heavy (non-hydrogen) atoms. The third kappa shape index (κ3) is 3.64. The van der Waals surface area contributed by atoms with Crippen LogP contribution < -0.4 is 10.6 Å². The average molecular weight is 266 g/mol. The summed E-state index contributed by atoms with van der Waals surface area (Å²) in [6.45, 7) is 7.18. The summed E-state index contributed by atoms with van der Waals surface area (Å²) in [5.41, 5.74) is 11.6. The van der Waals surface area contributed by atoms with E-state index in [2.05, 4.69) is 62.1 Å². The second kappa shape index (κ2) is 6.29. The van der Waals surface area contributed by atoms with E-state index in [9.17, 15) is 0 Å². The van der Waals surface area contributed by atoms with E-state index in [1.165, 1.54) is 16.8 Å². The van der Waals surface area contributed by atoms with E-state index in [1.807, 2.05) is 18.2 Å². The molecule has 0 spiro atoms. The summed E-state index contributed by atoms with van der Waals surface area (Å²) in [7, 11) is 0. The molecule has 2 nitrogen and oxygen atoms in total. The molecule has 2 heteroatoms. The van der Waals surface area contributed by atoms with Crippen molar-refractivity contribution in [1.29, 1.82) is 0 Å². The maximum Gasteiger partial charge on any atom is 0.0434 e. The van der Waals surface area contributed by atoms with Gasteiger partial charge in [-0.1, -0.05) is 35.4 Å². The van der Waals surface area contributed by atoms with Gasteiger partial charge in [-0.05, 0) is 51.1 Å². The van der Waals surface area contributed by atoms with Gasteiger partial charge in [0.05, 0.1) is 0 Å². The van der Waals surface area contributed by atoms with Crippen molar-refractivity contribution in [3.63, 3.8) is 0 Å². The van der Waals surface area contributed by atoms with E-state index < -0.39 is 0 Å². The largest absolute Gasteiger partial charge is 0.399 e. The standard InChI is InChI=1S/C18H22N2/c1-14(2)11-12-20(17-9-7-15(3)8-10-17)18-6-4-5-16(19)13-18/h4-11,13H,12,19H2,1-3H3. The molecule has 0 aromatic heterocycles. The van der Waals surface area contributed by atoms with Gasteiger partial charge in [0.1, 0.15) is 0 Å². The fourth-order valence-electron chi connectivity index (χ4n) is 2.05. The highest BCUT2D eigenvalue weighted by Crippen LogP contribution is 2.27. The lowest BCUT2D eigenvalue weighted by Crippen LogP contribution is -2.17. The first-order chi connectivity index (χ1) is 9.56. The minimum Gasteiger partial charge on any atom is -0.399 e. The number of nitrogens with zero attached hydrogens (tertiary/aromatic N) is 1. The predicted octanol–water partition coefficient (Wildman–Crippen LogP) is 4.68. The summed E-state index contributed by atoms with van der Waals surface area (Å²) in [4.78, 5) is 2.27. The van der Waals surface area contributed by atoms with Gasteiger partial charge in [0.25, 0.3) is 0 Å². The fraction of sp³-hybridized carbons (Fsp3) is 0.222. The summed E-state index contributed by atoms with van der Waals surface area (Å²) < 4.78 is 0. The second-order valence-corrected chi connectivity index (χ2v) is 5.32. The third-order valence-electron chi connectivity index (χ3n) is 3.21. The molecular weight excluding hydrogens is 244 g/mol. The summed E-state index contributed by atoms with van der Waals surface area (Å²) in [5.74, 6) is 0. The van der Waals surface area contributed by atoms with Crippen molar-refractivity contribution in [1.82, 2.24) is 0 Å². The predicted molar refractivity (Wildman–Crippen MR) is 88.5 cm³/mol. The van der Waals surface area contributed by atoms with E-state index >= 15 is 0 Å². The van der Waals surface area contributed by atoms with Gasteiger partial charge in [0.2, 0.25) is 0 Å². The maximum atomic E-state index is 5.91. The Balaban J connectivity index is 2.38. The molecule has 0 aliphatic rings. The number of benzene rings is 2. The lowest BCUT2D eigenvalue weighted by atomic mass is 10.1. The van der Waals surface area contributed by atoms with Gasteiger partial charge < -0.3 is 10.6 Å². The van der Waals surface area contributed by atoms with Crippen LogP contribution in [0.25, 0.3) is 0 Å². The number of anilines is 3. The van der Waals surface area contributed by atoms with Gasteiger partial charge >= 0.3 is 0 Å². The zero-order chi connectivity index (χ0) is 14.5. The van der Waals surface area contributed by atoms with E-state index in [4.69, 9.17) is 5.73 Å². The molecule has 0 amide bonds.